The Bertz CT molecular complexity index is 720. The minimum atomic E-state index is -0.246. The summed E-state index contributed by atoms with van der Waals surface area (Å²) in [7, 11) is 3.39. The maximum absolute atomic E-state index is 13.2. The van der Waals surface area contributed by atoms with Crippen molar-refractivity contribution in [2.75, 3.05) is 33.7 Å². The molecule has 1 aromatic carbocycles. The van der Waals surface area contributed by atoms with E-state index in [1.807, 2.05) is 18.2 Å². The molecule has 0 unspecified atom stereocenters. The van der Waals surface area contributed by atoms with Crippen molar-refractivity contribution >= 4 is 35.8 Å². The summed E-state index contributed by atoms with van der Waals surface area (Å²) in [6.07, 6.45) is 2.99. The number of carbonyl (C=O) groups excluding carboxylic acids is 1. The van der Waals surface area contributed by atoms with E-state index in [4.69, 9.17) is 4.42 Å². The number of hydrogen-bond donors (Lipinski definition) is 2. The first kappa shape index (κ1) is 22.9. The number of guanidine groups is 1. The molecule has 6 nitrogen and oxygen atoms in total. The van der Waals surface area contributed by atoms with Crippen LogP contribution in [0.3, 0.4) is 0 Å². The topological polar surface area (TPSA) is 69.9 Å². The second kappa shape index (κ2) is 12.3. The zero-order chi connectivity index (χ0) is 18.8. The predicted octanol–water partition coefficient (Wildman–Crippen LogP) is 2.45. The fourth-order valence-electron chi connectivity index (χ4n) is 2.24. The molecule has 0 spiro atoms. The van der Waals surface area contributed by atoms with Crippen molar-refractivity contribution in [3.8, 4) is 0 Å². The Morgan fingerprint density at radius 2 is 1.89 bits per heavy atom. The number of likely N-dealkylation sites (N-methyl/N-ethyl adjacent to an activating group) is 1. The van der Waals surface area contributed by atoms with E-state index in [9.17, 15) is 9.18 Å². The van der Waals surface area contributed by atoms with Crippen molar-refractivity contribution in [3.05, 3.63) is 59.8 Å². The van der Waals surface area contributed by atoms with Crippen LogP contribution in [0.2, 0.25) is 0 Å². The average Bonchev–Trinajstić information content (AvgIpc) is 3.12. The lowest BCUT2D eigenvalue weighted by molar-refractivity contribution is -0.127. The van der Waals surface area contributed by atoms with Crippen molar-refractivity contribution in [1.82, 2.24) is 15.5 Å². The fraction of sp³-hybridized carbons (Fsp3) is 0.368. The van der Waals surface area contributed by atoms with Gasteiger partial charge in [0.25, 0.3) is 0 Å². The van der Waals surface area contributed by atoms with E-state index in [-0.39, 0.29) is 42.2 Å². The number of furan rings is 1. The van der Waals surface area contributed by atoms with Gasteiger partial charge in [-0.1, -0.05) is 12.1 Å². The number of aliphatic imine (C=N–C) groups is 1. The molecular formula is C19H26FIN4O2. The molecule has 0 atom stereocenters. The Morgan fingerprint density at radius 1 is 1.15 bits per heavy atom. The number of hydrogen-bond acceptors (Lipinski definition) is 3. The fourth-order valence-corrected chi connectivity index (χ4v) is 2.24. The van der Waals surface area contributed by atoms with Crippen LogP contribution in [0.5, 0.6) is 0 Å². The first-order valence-electron chi connectivity index (χ1n) is 8.54. The third-order valence-electron chi connectivity index (χ3n) is 3.71. The molecule has 1 amide bonds. The van der Waals surface area contributed by atoms with Gasteiger partial charge in [-0.15, -0.1) is 24.0 Å². The molecule has 0 saturated carbocycles. The van der Waals surface area contributed by atoms with Crippen LogP contribution < -0.4 is 10.6 Å². The Hall–Kier alpha value is -2.10. The lowest BCUT2D eigenvalue weighted by Crippen LogP contribution is -2.40. The van der Waals surface area contributed by atoms with E-state index in [1.54, 1.807) is 26.4 Å². The summed E-state index contributed by atoms with van der Waals surface area (Å²) < 4.78 is 18.5. The lowest BCUT2D eigenvalue weighted by Gasteiger charge is -2.13. The normalized spacial score (nSPS) is 10.9. The Morgan fingerprint density at radius 3 is 2.52 bits per heavy atom. The van der Waals surface area contributed by atoms with Crippen molar-refractivity contribution in [2.24, 2.45) is 4.99 Å². The van der Waals surface area contributed by atoms with Gasteiger partial charge in [0.1, 0.15) is 18.1 Å². The van der Waals surface area contributed by atoms with Crippen LogP contribution in [0, 0.1) is 5.82 Å². The highest BCUT2D eigenvalue weighted by atomic mass is 127. The van der Waals surface area contributed by atoms with Crippen molar-refractivity contribution in [1.29, 1.82) is 0 Å². The second-order valence-corrected chi connectivity index (χ2v) is 6.02. The monoisotopic (exact) mass is 488 g/mol. The number of rotatable bonds is 8. The van der Waals surface area contributed by atoms with Gasteiger partial charge >= 0.3 is 0 Å². The summed E-state index contributed by atoms with van der Waals surface area (Å²) in [5, 5.41) is 6.36. The van der Waals surface area contributed by atoms with Gasteiger partial charge in [0.15, 0.2) is 5.96 Å². The molecule has 2 rings (SSSR count). The Labute approximate surface area is 176 Å². The van der Waals surface area contributed by atoms with Crippen LogP contribution in [-0.2, 0) is 17.6 Å². The molecule has 8 heteroatoms. The second-order valence-electron chi connectivity index (χ2n) is 6.02. The van der Waals surface area contributed by atoms with E-state index in [1.165, 1.54) is 17.0 Å². The molecule has 0 bridgehead atoms. The summed E-state index contributed by atoms with van der Waals surface area (Å²) >= 11 is 0. The first-order chi connectivity index (χ1) is 12.5. The van der Waals surface area contributed by atoms with E-state index in [0.29, 0.717) is 31.9 Å². The number of halogens is 2. The molecule has 0 aliphatic rings. The van der Waals surface area contributed by atoms with E-state index >= 15 is 0 Å². The lowest BCUT2D eigenvalue weighted by atomic mass is 10.1. The van der Waals surface area contributed by atoms with Gasteiger partial charge in [-0.25, -0.2) is 9.38 Å². The van der Waals surface area contributed by atoms with E-state index in [2.05, 4.69) is 15.6 Å². The molecule has 0 saturated heterocycles. The van der Waals surface area contributed by atoms with Crippen LogP contribution in [0.4, 0.5) is 4.39 Å². The van der Waals surface area contributed by atoms with Crippen LogP contribution >= 0.6 is 24.0 Å². The summed E-state index contributed by atoms with van der Waals surface area (Å²) in [5.41, 5.74) is 0.900. The number of nitrogens with zero attached hydrogens (tertiary/aromatic N) is 2. The highest BCUT2D eigenvalue weighted by molar-refractivity contribution is 14.0. The van der Waals surface area contributed by atoms with Crippen LogP contribution in [0.25, 0.3) is 0 Å². The Kier molecular flexibility index (Phi) is 10.5. The molecule has 1 aromatic heterocycles. The molecule has 0 aliphatic carbocycles. The average molecular weight is 488 g/mol. The zero-order valence-electron chi connectivity index (χ0n) is 15.6. The number of nitrogens with one attached hydrogen (secondary N) is 2. The van der Waals surface area contributed by atoms with Crippen LogP contribution in [0.15, 0.2) is 52.1 Å². The maximum Gasteiger partial charge on any atom is 0.243 e. The maximum atomic E-state index is 13.2. The largest absolute Gasteiger partial charge is 0.469 e. The summed E-state index contributed by atoms with van der Waals surface area (Å²) in [6, 6.07) is 10.3. The third-order valence-corrected chi connectivity index (χ3v) is 3.71. The minimum absolute atomic E-state index is 0. The molecule has 1 heterocycles. The van der Waals surface area contributed by atoms with Gasteiger partial charge in [-0.05, 0) is 36.2 Å². The van der Waals surface area contributed by atoms with Gasteiger partial charge < -0.3 is 20.0 Å². The first-order valence-corrected chi connectivity index (χ1v) is 8.54. The summed E-state index contributed by atoms with van der Waals surface area (Å²) in [6.45, 7) is 1.25. The molecule has 2 aromatic rings. The zero-order valence-corrected chi connectivity index (χ0v) is 17.9. The summed E-state index contributed by atoms with van der Waals surface area (Å²) in [5.74, 6) is 1.09. The molecular weight excluding hydrogens is 462 g/mol. The minimum Gasteiger partial charge on any atom is -0.469 e. The van der Waals surface area contributed by atoms with Gasteiger partial charge in [0, 0.05) is 33.6 Å². The van der Waals surface area contributed by atoms with Gasteiger partial charge in [0.2, 0.25) is 5.91 Å². The smallest absolute Gasteiger partial charge is 0.243 e. The molecule has 0 aliphatic heterocycles. The molecule has 2 N–H and O–H groups in total. The van der Waals surface area contributed by atoms with Gasteiger partial charge in [-0.2, -0.15) is 0 Å². The van der Waals surface area contributed by atoms with Gasteiger partial charge in [-0.3, -0.25) is 4.79 Å². The van der Waals surface area contributed by atoms with Crippen molar-refractivity contribution < 1.29 is 13.6 Å². The summed E-state index contributed by atoms with van der Waals surface area (Å²) in [4.78, 5) is 17.6. The van der Waals surface area contributed by atoms with E-state index in [0.717, 1.165) is 11.3 Å². The third kappa shape index (κ3) is 8.89. The van der Waals surface area contributed by atoms with E-state index < -0.39 is 0 Å². The quantitative estimate of drug-likeness (QED) is 0.341. The number of benzene rings is 1. The molecule has 27 heavy (non-hydrogen) atoms. The molecule has 148 valence electrons. The number of amides is 1. The number of carbonyl (C=O) groups is 1. The van der Waals surface area contributed by atoms with Crippen LogP contribution in [0.1, 0.15) is 11.3 Å². The SMILES string of the molecule is CN(C)C(=O)CN=C(NCCc1cccc(F)c1)NCCc1ccco1.I. The van der Waals surface area contributed by atoms with Crippen LogP contribution in [-0.4, -0.2) is 50.5 Å². The highest BCUT2D eigenvalue weighted by Gasteiger charge is 2.05. The highest BCUT2D eigenvalue weighted by Crippen LogP contribution is 2.03. The van der Waals surface area contributed by atoms with Crippen molar-refractivity contribution in [2.45, 2.75) is 12.8 Å². The molecule has 0 fully saturated rings. The van der Waals surface area contributed by atoms with Crippen molar-refractivity contribution in [3.63, 3.8) is 0 Å². The Balaban J connectivity index is 0.00000364. The predicted molar refractivity (Wildman–Crippen MR) is 115 cm³/mol. The standard InChI is InChI=1S/C19H25FN4O2.HI/c1-24(2)18(25)14-23-19(22-11-9-17-7-4-12-26-17)21-10-8-15-5-3-6-16(20)13-15;/h3-7,12-13H,8-11,14H2,1-2H3,(H2,21,22,23);1H. The van der Waals surface area contributed by atoms with Gasteiger partial charge in [0.05, 0.1) is 6.26 Å². The molecule has 0 radical (unpaired) electrons.